The number of rotatable bonds is 8. The van der Waals surface area contributed by atoms with E-state index in [1.165, 1.54) is 12.0 Å². The van der Waals surface area contributed by atoms with Gasteiger partial charge in [-0.1, -0.05) is 41.6 Å². The minimum atomic E-state index is -3.75. The maximum atomic E-state index is 12.8. The Balaban J connectivity index is 1.77. The Labute approximate surface area is 181 Å². The highest BCUT2D eigenvalue weighted by molar-refractivity contribution is 7.92. The number of ether oxygens (including phenoxy) is 1. The molecule has 10 heteroatoms. The first kappa shape index (κ1) is 22.3. The smallest absolute Gasteiger partial charge is 0.246 e. The van der Waals surface area contributed by atoms with Crippen LogP contribution in [-0.2, 0) is 21.4 Å². The molecule has 9 nitrogen and oxygen atoms in total. The van der Waals surface area contributed by atoms with E-state index < -0.39 is 22.5 Å². The van der Waals surface area contributed by atoms with Crippen molar-refractivity contribution in [1.29, 1.82) is 0 Å². The Morgan fingerprint density at radius 2 is 1.87 bits per heavy atom. The van der Waals surface area contributed by atoms with Crippen LogP contribution in [-0.4, -0.2) is 56.3 Å². The predicted molar refractivity (Wildman–Crippen MR) is 116 cm³/mol. The number of nitrogens with zero attached hydrogens (tertiary/aromatic N) is 4. The zero-order chi connectivity index (χ0) is 22.6. The van der Waals surface area contributed by atoms with Crippen molar-refractivity contribution in [1.82, 2.24) is 15.0 Å². The van der Waals surface area contributed by atoms with Crippen molar-refractivity contribution in [2.24, 2.45) is 0 Å². The largest absolute Gasteiger partial charge is 0.495 e. The Bertz CT molecular complexity index is 1160. The van der Waals surface area contributed by atoms with Gasteiger partial charge in [0.25, 0.3) is 0 Å². The molecular formula is C21H24N4O5S. The molecule has 1 heterocycles. The number of methoxy groups -OCH3 is 1. The highest BCUT2D eigenvalue weighted by atomic mass is 32.2. The molecule has 1 amide bonds. The van der Waals surface area contributed by atoms with Gasteiger partial charge < -0.3 is 14.2 Å². The summed E-state index contributed by atoms with van der Waals surface area (Å²) in [7, 11) is -0.755. The van der Waals surface area contributed by atoms with Crippen molar-refractivity contribution < 1.29 is 22.5 Å². The number of hydrogen-bond donors (Lipinski definition) is 0. The molecule has 0 aliphatic rings. The quantitative estimate of drug-likeness (QED) is 0.525. The van der Waals surface area contributed by atoms with Crippen LogP contribution in [0.5, 0.6) is 5.75 Å². The van der Waals surface area contributed by atoms with Crippen molar-refractivity contribution >= 4 is 21.6 Å². The number of sulfonamides is 1. The van der Waals surface area contributed by atoms with E-state index in [4.69, 9.17) is 9.26 Å². The SMILES string of the molecule is COc1ccc(C)cc1N(CC(=O)N(C)Cc1nc(-c2ccccc2)no1)S(C)(=O)=O. The van der Waals surface area contributed by atoms with Crippen LogP contribution >= 0.6 is 0 Å². The number of likely N-dealkylation sites (N-methyl/N-ethyl adjacent to an activating group) is 1. The summed E-state index contributed by atoms with van der Waals surface area (Å²) in [6, 6.07) is 14.4. The van der Waals surface area contributed by atoms with Gasteiger partial charge in [-0.15, -0.1) is 0 Å². The molecule has 164 valence electrons. The molecule has 0 aliphatic carbocycles. The van der Waals surface area contributed by atoms with Gasteiger partial charge in [0.15, 0.2) is 0 Å². The topological polar surface area (TPSA) is 106 Å². The standard InChI is InChI=1S/C21H24N4O5S/c1-15-10-11-18(29-3)17(12-15)25(31(4,27)28)14-20(26)24(2)13-19-22-21(23-30-19)16-8-6-5-7-9-16/h5-12H,13-14H2,1-4H3. The van der Waals surface area contributed by atoms with Gasteiger partial charge in [0.05, 0.1) is 25.6 Å². The lowest BCUT2D eigenvalue weighted by molar-refractivity contribution is -0.129. The molecule has 3 rings (SSSR count). The normalized spacial score (nSPS) is 11.2. The third kappa shape index (κ3) is 5.40. The molecule has 0 saturated carbocycles. The lowest BCUT2D eigenvalue weighted by Gasteiger charge is -2.26. The molecular weight excluding hydrogens is 420 g/mol. The van der Waals surface area contributed by atoms with Gasteiger partial charge in [-0.3, -0.25) is 9.10 Å². The van der Waals surface area contributed by atoms with Crippen LogP contribution in [0.4, 0.5) is 5.69 Å². The van der Waals surface area contributed by atoms with Gasteiger partial charge >= 0.3 is 0 Å². The number of hydrogen-bond acceptors (Lipinski definition) is 7. The number of aryl methyl sites for hydroxylation is 1. The second kappa shape index (κ2) is 9.17. The summed E-state index contributed by atoms with van der Waals surface area (Å²) in [6.07, 6.45) is 1.05. The van der Waals surface area contributed by atoms with Crippen molar-refractivity contribution in [2.45, 2.75) is 13.5 Å². The van der Waals surface area contributed by atoms with Crippen LogP contribution in [0.15, 0.2) is 53.1 Å². The molecule has 0 N–H and O–H groups in total. The maximum absolute atomic E-state index is 12.8. The second-order valence-corrected chi connectivity index (χ2v) is 8.98. The number of anilines is 1. The summed E-state index contributed by atoms with van der Waals surface area (Å²) in [5.41, 5.74) is 1.93. The van der Waals surface area contributed by atoms with Crippen LogP contribution in [0.3, 0.4) is 0 Å². The van der Waals surface area contributed by atoms with E-state index in [1.54, 1.807) is 25.2 Å². The summed E-state index contributed by atoms with van der Waals surface area (Å²) in [5, 5.41) is 3.93. The van der Waals surface area contributed by atoms with E-state index in [1.807, 2.05) is 37.3 Å². The first-order valence-electron chi connectivity index (χ1n) is 9.43. The zero-order valence-electron chi connectivity index (χ0n) is 17.8. The maximum Gasteiger partial charge on any atom is 0.246 e. The lowest BCUT2D eigenvalue weighted by Crippen LogP contribution is -2.41. The van der Waals surface area contributed by atoms with Gasteiger partial charge in [-0.2, -0.15) is 4.98 Å². The van der Waals surface area contributed by atoms with Gasteiger partial charge in [-0.05, 0) is 24.6 Å². The summed E-state index contributed by atoms with van der Waals surface area (Å²) in [4.78, 5) is 18.5. The fourth-order valence-electron chi connectivity index (χ4n) is 2.93. The second-order valence-electron chi connectivity index (χ2n) is 7.07. The number of aromatic nitrogens is 2. The third-order valence-corrected chi connectivity index (χ3v) is 5.71. The Hall–Kier alpha value is -3.40. The highest BCUT2D eigenvalue weighted by Crippen LogP contribution is 2.31. The molecule has 0 fully saturated rings. The van der Waals surface area contributed by atoms with E-state index >= 15 is 0 Å². The van der Waals surface area contributed by atoms with E-state index in [9.17, 15) is 13.2 Å². The molecule has 0 unspecified atom stereocenters. The molecule has 0 saturated heterocycles. The van der Waals surface area contributed by atoms with Gasteiger partial charge in [0, 0.05) is 12.6 Å². The van der Waals surface area contributed by atoms with Crippen molar-refractivity contribution in [3.63, 3.8) is 0 Å². The fraction of sp³-hybridized carbons (Fsp3) is 0.286. The molecule has 1 aromatic heterocycles. The van der Waals surface area contributed by atoms with Crippen molar-refractivity contribution in [3.05, 3.63) is 60.0 Å². The van der Waals surface area contributed by atoms with Gasteiger partial charge in [0.1, 0.15) is 12.3 Å². The van der Waals surface area contributed by atoms with Gasteiger partial charge in [-0.25, -0.2) is 8.42 Å². The summed E-state index contributed by atoms with van der Waals surface area (Å²) in [6.45, 7) is 1.48. The Morgan fingerprint density at radius 3 is 2.52 bits per heavy atom. The fourth-order valence-corrected chi connectivity index (χ4v) is 3.78. The summed E-state index contributed by atoms with van der Waals surface area (Å²) < 4.78 is 36.5. The van der Waals surface area contributed by atoms with E-state index in [0.29, 0.717) is 17.3 Å². The number of benzene rings is 2. The molecule has 0 spiro atoms. The Kier molecular flexibility index (Phi) is 6.59. The molecule has 0 atom stereocenters. The molecule has 0 radical (unpaired) electrons. The predicted octanol–water partition coefficient (Wildman–Crippen LogP) is 2.48. The monoisotopic (exact) mass is 444 g/mol. The van der Waals surface area contributed by atoms with Gasteiger partial charge in [0.2, 0.25) is 27.6 Å². The van der Waals surface area contributed by atoms with Crippen molar-refractivity contribution in [2.75, 3.05) is 31.3 Å². The van der Waals surface area contributed by atoms with E-state index in [2.05, 4.69) is 10.1 Å². The first-order chi connectivity index (χ1) is 14.7. The molecule has 0 aliphatic heterocycles. The lowest BCUT2D eigenvalue weighted by atomic mass is 10.2. The average molecular weight is 445 g/mol. The van der Waals surface area contributed by atoms with Crippen LogP contribution in [0, 0.1) is 6.92 Å². The minimum absolute atomic E-state index is 0.0429. The van der Waals surface area contributed by atoms with Crippen molar-refractivity contribution in [3.8, 4) is 17.1 Å². The van der Waals surface area contributed by atoms with Crippen LogP contribution in [0.1, 0.15) is 11.5 Å². The third-order valence-electron chi connectivity index (χ3n) is 4.58. The Morgan fingerprint density at radius 1 is 1.16 bits per heavy atom. The number of amides is 1. The highest BCUT2D eigenvalue weighted by Gasteiger charge is 2.26. The number of carbonyl (C=O) groups is 1. The first-order valence-corrected chi connectivity index (χ1v) is 11.3. The summed E-state index contributed by atoms with van der Waals surface area (Å²) >= 11 is 0. The summed E-state index contributed by atoms with van der Waals surface area (Å²) in [5.74, 6) is 0.580. The minimum Gasteiger partial charge on any atom is -0.495 e. The van der Waals surface area contributed by atoms with E-state index in [-0.39, 0.29) is 12.4 Å². The molecule has 2 aromatic carbocycles. The van der Waals surface area contributed by atoms with Crippen LogP contribution < -0.4 is 9.04 Å². The molecule has 31 heavy (non-hydrogen) atoms. The zero-order valence-corrected chi connectivity index (χ0v) is 18.6. The molecule has 3 aromatic rings. The molecule has 0 bridgehead atoms. The number of carbonyl (C=O) groups excluding carboxylic acids is 1. The van der Waals surface area contributed by atoms with Crippen LogP contribution in [0.2, 0.25) is 0 Å². The van der Waals surface area contributed by atoms with E-state index in [0.717, 1.165) is 21.7 Å². The van der Waals surface area contributed by atoms with Crippen LogP contribution in [0.25, 0.3) is 11.4 Å². The average Bonchev–Trinajstić information content (AvgIpc) is 3.20.